The molecule has 0 saturated carbocycles. The summed E-state index contributed by atoms with van der Waals surface area (Å²) in [6, 6.07) is 8.01. The first kappa shape index (κ1) is 11.4. The molecule has 0 bridgehead atoms. The Morgan fingerprint density at radius 2 is 1.94 bits per heavy atom. The van der Waals surface area contributed by atoms with Crippen molar-refractivity contribution in [2.24, 2.45) is 0 Å². The maximum atomic E-state index is 5.70. The molecule has 2 rings (SSSR count). The van der Waals surface area contributed by atoms with E-state index in [0.717, 1.165) is 17.7 Å². The summed E-state index contributed by atoms with van der Waals surface area (Å²) in [5, 5.41) is 0. The van der Waals surface area contributed by atoms with Crippen molar-refractivity contribution in [1.29, 1.82) is 0 Å². The molecule has 0 aliphatic carbocycles. The summed E-state index contributed by atoms with van der Waals surface area (Å²) in [5.74, 6) is 0.479. The average Bonchev–Trinajstić information content (AvgIpc) is 2.68. The third-order valence-corrected chi connectivity index (χ3v) is 2.81. The third-order valence-electron chi connectivity index (χ3n) is 2.81. The van der Waals surface area contributed by atoms with Crippen LogP contribution in [0.15, 0.2) is 24.3 Å². The van der Waals surface area contributed by atoms with Crippen LogP contribution >= 0.6 is 0 Å². The molecule has 1 aliphatic heterocycles. The lowest BCUT2D eigenvalue weighted by Gasteiger charge is -2.22. The third kappa shape index (κ3) is 2.74. The molecule has 1 aromatic rings. The predicted molar refractivity (Wildman–Crippen MR) is 61.6 cm³/mol. The van der Waals surface area contributed by atoms with Gasteiger partial charge in [-0.2, -0.15) is 0 Å². The van der Waals surface area contributed by atoms with Crippen LogP contribution in [0.5, 0.6) is 5.75 Å². The van der Waals surface area contributed by atoms with E-state index in [4.69, 9.17) is 14.2 Å². The molecule has 0 N–H and O–H groups in total. The van der Waals surface area contributed by atoms with Gasteiger partial charge in [0.2, 0.25) is 0 Å². The van der Waals surface area contributed by atoms with Crippen LogP contribution in [0.1, 0.15) is 18.9 Å². The van der Waals surface area contributed by atoms with Crippen molar-refractivity contribution in [2.45, 2.75) is 26.1 Å². The van der Waals surface area contributed by atoms with E-state index in [1.54, 1.807) is 0 Å². The van der Waals surface area contributed by atoms with Crippen LogP contribution in [0.25, 0.3) is 0 Å². The van der Waals surface area contributed by atoms with Crippen LogP contribution in [-0.4, -0.2) is 25.6 Å². The van der Waals surface area contributed by atoms with Crippen molar-refractivity contribution in [3.05, 3.63) is 29.8 Å². The summed E-state index contributed by atoms with van der Waals surface area (Å²) in [6.07, 6.45) is 0.751. The molecule has 1 fully saturated rings. The van der Waals surface area contributed by atoms with Crippen LogP contribution in [0.3, 0.4) is 0 Å². The Labute approximate surface area is 96.3 Å². The Bertz CT molecular complexity index is 343. The van der Waals surface area contributed by atoms with Gasteiger partial charge in [0, 0.05) is 6.42 Å². The summed E-state index contributed by atoms with van der Waals surface area (Å²) >= 11 is 0. The van der Waals surface area contributed by atoms with Gasteiger partial charge in [-0.25, -0.2) is 0 Å². The average molecular weight is 222 g/mol. The van der Waals surface area contributed by atoms with Gasteiger partial charge in [0.05, 0.1) is 19.8 Å². The molecule has 0 amide bonds. The lowest BCUT2D eigenvalue weighted by Crippen LogP contribution is -2.28. The van der Waals surface area contributed by atoms with E-state index < -0.39 is 5.79 Å². The highest BCUT2D eigenvalue weighted by Gasteiger charge is 2.30. The molecular weight excluding hydrogens is 204 g/mol. The summed E-state index contributed by atoms with van der Waals surface area (Å²) in [5.41, 5.74) is 1.15. The summed E-state index contributed by atoms with van der Waals surface area (Å²) < 4.78 is 16.7. The fourth-order valence-corrected chi connectivity index (χ4v) is 1.77. The molecule has 3 nitrogen and oxygen atoms in total. The number of rotatable bonds is 4. The molecule has 0 unspecified atom stereocenters. The van der Waals surface area contributed by atoms with E-state index in [9.17, 15) is 0 Å². The SMILES string of the molecule is Cc1ccccc1OCCC1(C)OCCO1. The second-order valence-corrected chi connectivity index (χ2v) is 4.19. The van der Waals surface area contributed by atoms with Gasteiger partial charge in [-0.05, 0) is 25.5 Å². The van der Waals surface area contributed by atoms with Crippen molar-refractivity contribution in [3.63, 3.8) is 0 Å². The quantitative estimate of drug-likeness (QED) is 0.783. The van der Waals surface area contributed by atoms with Gasteiger partial charge in [-0.3, -0.25) is 0 Å². The monoisotopic (exact) mass is 222 g/mol. The van der Waals surface area contributed by atoms with E-state index in [1.165, 1.54) is 0 Å². The molecular formula is C13H18O3. The molecule has 0 atom stereocenters. The Balaban J connectivity index is 1.82. The van der Waals surface area contributed by atoms with Gasteiger partial charge >= 0.3 is 0 Å². The molecule has 0 spiro atoms. The standard InChI is InChI=1S/C13H18O3/c1-11-5-3-4-6-12(11)14-8-7-13(2)15-9-10-16-13/h3-6H,7-10H2,1-2H3. The first-order chi connectivity index (χ1) is 7.70. The fraction of sp³-hybridized carbons (Fsp3) is 0.538. The first-order valence-electron chi connectivity index (χ1n) is 5.66. The zero-order valence-corrected chi connectivity index (χ0v) is 9.86. The van der Waals surface area contributed by atoms with Gasteiger partial charge in [0.25, 0.3) is 0 Å². The van der Waals surface area contributed by atoms with Gasteiger partial charge in [-0.15, -0.1) is 0 Å². The molecule has 0 radical (unpaired) electrons. The Morgan fingerprint density at radius 1 is 1.25 bits per heavy atom. The number of hydrogen-bond acceptors (Lipinski definition) is 3. The summed E-state index contributed by atoms with van der Waals surface area (Å²) in [7, 11) is 0. The van der Waals surface area contributed by atoms with Gasteiger partial charge in [-0.1, -0.05) is 18.2 Å². The highest BCUT2D eigenvalue weighted by molar-refractivity contribution is 5.31. The van der Waals surface area contributed by atoms with Crippen LogP contribution in [0.4, 0.5) is 0 Å². The van der Waals surface area contributed by atoms with Gasteiger partial charge < -0.3 is 14.2 Å². The number of hydrogen-bond donors (Lipinski definition) is 0. The highest BCUT2D eigenvalue weighted by atomic mass is 16.7. The molecule has 1 saturated heterocycles. The maximum absolute atomic E-state index is 5.70. The van der Waals surface area contributed by atoms with Gasteiger partial charge in [0.15, 0.2) is 5.79 Å². The molecule has 1 aromatic carbocycles. The zero-order valence-electron chi connectivity index (χ0n) is 9.86. The summed E-state index contributed by atoms with van der Waals surface area (Å²) in [4.78, 5) is 0. The Kier molecular flexibility index (Phi) is 3.46. The van der Waals surface area contributed by atoms with E-state index in [1.807, 2.05) is 38.1 Å². The van der Waals surface area contributed by atoms with E-state index >= 15 is 0 Å². The summed E-state index contributed by atoms with van der Waals surface area (Å²) in [6.45, 7) is 5.98. The highest BCUT2D eigenvalue weighted by Crippen LogP contribution is 2.23. The minimum atomic E-state index is -0.456. The largest absolute Gasteiger partial charge is 0.493 e. The van der Waals surface area contributed by atoms with Crippen molar-refractivity contribution < 1.29 is 14.2 Å². The Hall–Kier alpha value is -1.06. The number of para-hydroxylation sites is 1. The van der Waals surface area contributed by atoms with Crippen molar-refractivity contribution in [3.8, 4) is 5.75 Å². The molecule has 3 heteroatoms. The second-order valence-electron chi connectivity index (χ2n) is 4.19. The predicted octanol–water partition coefficient (Wildman–Crippen LogP) is 2.53. The topological polar surface area (TPSA) is 27.7 Å². The van der Waals surface area contributed by atoms with Crippen molar-refractivity contribution in [2.75, 3.05) is 19.8 Å². The lowest BCUT2D eigenvalue weighted by molar-refractivity contribution is -0.150. The van der Waals surface area contributed by atoms with E-state index in [2.05, 4.69) is 0 Å². The minimum absolute atomic E-state index is 0.456. The Morgan fingerprint density at radius 3 is 2.62 bits per heavy atom. The smallest absolute Gasteiger partial charge is 0.168 e. The molecule has 16 heavy (non-hydrogen) atoms. The van der Waals surface area contributed by atoms with Crippen molar-refractivity contribution in [1.82, 2.24) is 0 Å². The molecule has 0 aromatic heterocycles. The van der Waals surface area contributed by atoms with Crippen LogP contribution in [0, 0.1) is 6.92 Å². The first-order valence-corrected chi connectivity index (χ1v) is 5.66. The molecule has 88 valence electrons. The lowest BCUT2D eigenvalue weighted by atomic mass is 10.2. The number of benzene rings is 1. The van der Waals surface area contributed by atoms with Crippen LogP contribution in [0.2, 0.25) is 0 Å². The number of ether oxygens (including phenoxy) is 3. The van der Waals surface area contributed by atoms with Crippen LogP contribution in [-0.2, 0) is 9.47 Å². The minimum Gasteiger partial charge on any atom is -0.493 e. The van der Waals surface area contributed by atoms with Crippen LogP contribution < -0.4 is 4.74 Å². The molecule has 1 heterocycles. The normalized spacial score (nSPS) is 18.6. The second kappa shape index (κ2) is 4.85. The van der Waals surface area contributed by atoms with Gasteiger partial charge in [0.1, 0.15) is 5.75 Å². The zero-order chi connectivity index (χ0) is 11.4. The van der Waals surface area contributed by atoms with E-state index in [-0.39, 0.29) is 0 Å². The maximum Gasteiger partial charge on any atom is 0.168 e. The number of aryl methyl sites for hydroxylation is 1. The fourth-order valence-electron chi connectivity index (χ4n) is 1.77. The van der Waals surface area contributed by atoms with Crippen molar-refractivity contribution >= 4 is 0 Å². The van der Waals surface area contributed by atoms with E-state index in [0.29, 0.717) is 19.8 Å². The molecule has 1 aliphatic rings.